The second-order valence-corrected chi connectivity index (χ2v) is 8.61. The molecule has 0 fully saturated rings. The Hall–Kier alpha value is -3.38. The number of carbonyl (C=O) groups excluding carboxylic acids is 1. The molecule has 5 nitrogen and oxygen atoms in total. The van der Waals surface area contributed by atoms with Crippen LogP contribution in [0.5, 0.6) is 0 Å². The number of nitrogens with one attached hydrogen (secondary N) is 2. The molecule has 8 heteroatoms. The molecular weight excluding hydrogens is 481 g/mol. The van der Waals surface area contributed by atoms with Crippen LogP contribution in [-0.2, 0) is 0 Å². The highest BCUT2D eigenvalue weighted by atomic mass is 35.5. The van der Waals surface area contributed by atoms with Crippen molar-refractivity contribution in [3.05, 3.63) is 104 Å². The number of hydrogen-bond donors (Lipinski definition) is 2. The summed E-state index contributed by atoms with van der Waals surface area (Å²) in [5.74, 6) is -0.0355. The van der Waals surface area contributed by atoms with Crippen molar-refractivity contribution in [1.29, 1.82) is 0 Å². The third-order valence-corrected chi connectivity index (χ3v) is 6.18. The lowest BCUT2D eigenvalue weighted by molar-refractivity contribution is 0.104. The lowest BCUT2D eigenvalue weighted by Crippen LogP contribution is -2.18. The van der Waals surface area contributed by atoms with Crippen molar-refractivity contribution >= 4 is 68.6 Å². The van der Waals surface area contributed by atoms with Gasteiger partial charge >= 0.3 is 0 Å². The van der Waals surface area contributed by atoms with Crippen molar-refractivity contribution in [2.24, 2.45) is 0 Å². The maximum Gasteiger partial charge on any atom is 0.260 e. The minimum absolute atomic E-state index is 0.0226. The van der Waals surface area contributed by atoms with Gasteiger partial charge in [0.15, 0.2) is 5.78 Å². The van der Waals surface area contributed by atoms with Gasteiger partial charge in [0.25, 0.3) is 5.56 Å². The number of fused-ring (bicyclic) bond motifs is 2. The van der Waals surface area contributed by atoms with Gasteiger partial charge < -0.3 is 9.97 Å². The van der Waals surface area contributed by atoms with E-state index in [2.05, 4.69) is 15.0 Å². The number of H-pyrrole nitrogens is 2. The second kappa shape index (κ2) is 8.52. The summed E-state index contributed by atoms with van der Waals surface area (Å²) in [4.78, 5) is 36.5. The highest BCUT2D eigenvalue weighted by Crippen LogP contribution is 2.32. The minimum atomic E-state index is -0.485. The van der Waals surface area contributed by atoms with Crippen LogP contribution in [0.15, 0.2) is 71.5 Å². The van der Waals surface area contributed by atoms with Crippen LogP contribution in [0.3, 0.4) is 0 Å². The first-order valence-corrected chi connectivity index (χ1v) is 11.0. The summed E-state index contributed by atoms with van der Waals surface area (Å²) < 4.78 is 0. The Kier molecular flexibility index (Phi) is 5.54. The molecule has 0 aliphatic rings. The maximum absolute atomic E-state index is 13.3. The predicted molar refractivity (Wildman–Crippen MR) is 134 cm³/mol. The van der Waals surface area contributed by atoms with Crippen molar-refractivity contribution in [1.82, 2.24) is 15.0 Å². The Morgan fingerprint density at radius 1 is 0.879 bits per heavy atom. The Bertz CT molecular complexity index is 1600. The van der Waals surface area contributed by atoms with Gasteiger partial charge in [0.2, 0.25) is 0 Å². The summed E-state index contributed by atoms with van der Waals surface area (Å²) in [5, 5.41) is 1.96. The van der Waals surface area contributed by atoms with E-state index < -0.39 is 11.3 Å². The average Bonchev–Trinajstić information content (AvgIpc) is 3.19. The molecule has 0 atom stereocenters. The van der Waals surface area contributed by atoms with Gasteiger partial charge in [-0.2, -0.15) is 0 Å². The molecule has 5 rings (SSSR count). The first-order valence-electron chi connectivity index (χ1n) is 9.89. The molecule has 0 unspecified atom stereocenters. The van der Waals surface area contributed by atoms with Crippen LogP contribution in [0.4, 0.5) is 0 Å². The Morgan fingerprint density at radius 2 is 1.64 bits per heavy atom. The van der Waals surface area contributed by atoms with Gasteiger partial charge in [-0.15, -0.1) is 0 Å². The van der Waals surface area contributed by atoms with Crippen LogP contribution in [0.2, 0.25) is 15.1 Å². The van der Waals surface area contributed by atoms with Gasteiger partial charge in [-0.25, -0.2) is 4.98 Å². The quantitative estimate of drug-likeness (QED) is 0.210. The van der Waals surface area contributed by atoms with Gasteiger partial charge in [-0.1, -0.05) is 65.1 Å². The Morgan fingerprint density at radius 3 is 2.42 bits per heavy atom. The molecule has 0 saturated heterocycles. The van der Waals surface area contributed by atoms with Crippen LogP contribution in [0.1, 0.15) is 16.2 Å². The second-order valence-electron chi connectivity index (χ2n) is 7.36. The molecule has 5 aromatic rings. The van der Waals surface area contributed by atoms with Crippen LogP contribution in [0, 0.1) is 0 Å². The van der Waals surface area contributed by atoms with Crippen molar-refractivity contribution in [3.8, 4) is 11.1 Å². The van der Waals surface area contributed by atoms with E-state index >= 15 is 0 Å². The van der Waals surface area contributed by atoms with Crippen molar-refractivity contribution in [2.45, 2.75) is 0 Å². The highest BCUT2D eigenvalue weighted by molar-refractivity contribution is 6.42. The molecule has 2 N–H and O–H groups in total. The molecule has 3 aromatic carbocycles. The molecule has 162 valence electrons. The number of rotatable bonds is 4. The van der Waals surface area contributed by atoms with E-state index in [9.17, 15) is 9.59 Å². The molecule has 2 heterocycles. The van der Waals surface area contributed by atoms with Crippen molar-refractivity contribution in [2.75, 3.05) is 0 Å². The van der Waals surface area contributed by atoms with Crippen LogP contribution in [0.25, 0.3) is 39.1 Å². The molecular formula is C25H14Cl3N3O2. The summed E-state index contributed by atoms with van der Waals surface area (Å²) >= 11 is 18.3. The molecule has 0 saturated carbocycles. The minimum Gasteiger partial charge on any atom is -0.338 e. The molecule has 0 spiro atoms. The lowest BCUT2D eigenvalue weighted by Gasteiger charge is -2.11. The molecule has 2 aromatic heterocycles. The van der Waals surface area contributed by atoms with Crippen LogP contribution < -0.4 is 5.56 Å². The first-order chi connectivity index (χ1) is 15.9. The monoisotopic (exact) mass is 493 g/mol. The predicted octanol–water partition coefficient (Wildman–Crippen LogP) is 6.93. The SMILES string of the molecule is O=C(/C=C/c1nc2cc(Cl)c(Cl)cc2[nH]1)c1c(-c2ccccc2)c2cc(Cl)ccc2[nH]c1=O. The number of pyridine rings is 1. The third-order valence-electron chi connectivity index (χ3n) is 5.22. The zero-order valence-corrected chi connectivity index (χ0v) is 19.1. The summed E-state index contributed by atoms with van der Waals surface area (Å²) in [6.45, 7) is 0. The maximum atomic E-state index is 13.3. The first kappa shape index (κ1) is 21.5. The van der Waals surface area contributed by atoms with Crippen LogP contribution in [-0.4, -0.2) is 20.7 Å². The molecule has 0 aliphatic carbocycles. The fraction of sp³-hybridized carbons (Fsp3) is 0. The molecule has 0 aliphatic heterocycles. The van der Waals surface area contributed by atoms with Gasteiger partial charge in [0, 0.05) is 21.5 Å². The van der Waals surface area contributed by atoms with Gasteiger partial charge in [-0.05, 0) is 48.0 Å². The number of nitrogens with zero attached hydrogens (tertiary/aromatic N) is 1. The number of ketones is 1. The lowest BCUT2D eigenvalue weighted by atomic mass is 9.94. The van der Waals surface area contributed by atoms with E-state index in [-0.39, 0.29) is 5.56 Å². The number of aromatic amines is 2. The van der Waals surface area contributed by atoms with Gasteiger partial charge in [-0.3, -0.25) is 9.59 Å². The number of halogens is 3. The fourth-order valence-corrected chi connectivity index (χ4v) is 4.24. The number of allylic oxidation sites excluding steroid dienone is 1. The number of imidazole rings is 1. The third kappa shape index (κ3) is 4.07. The van der Waals surface area contributed by atoms with E-state index in [1.807, 2.05) is 30.3 Å². The van der Waals surface area contributed by atoms with E-state index in [0.717, 1.165) is 5.56 Å². The smallest absolute Gasteiger partial charge is 0.260 e. The zero-order chi connectivity index (χ0) is 23.1. The number of carbonyl (C=O) groups is 1. The van der Waals surface area contributed by atoms with E-state index in [1.54, 1.807) is 30.3 Å². The molecule has 0 radical (unpaired) electrons. The van der Waals surface area contributed by atoms with Crippen molar-refractivity contribution < 1.29 is 4.79 Å². The van der Waals surface area contributed by atoms with Crippen LogP contribution >= 0.6 is 34.8 Å². The topological polar surface area (TPSA) is 78.6 Å². The van der Waals surface area contributed by atoms with E-state index in [1.165, 1.54) is 12.2 Å². The fourth-order valence-electron chi connectivity index (χ4n) is 3.75. The number of aromatic nitrogens is 3. The molecule has 0 bridgehead atoms. The number of hydrogen-bond acceptors (Lipinski definition) is 3. The number of benzene rings is 3. The summed E-state index contributed by atoms with van der Waals surface area (Å²) in [6, 6.07) is 17.7. The Balaban J connectivity index is 1.64. The molecule has 0 amide bonds. The summed E-state index contributed by atoms with van der Waals surface area (Å²) in [5.41, 5.74) is 2.68. The highest BCUT2D eigenvalue weighted by Gasteiger charge is 2.19. The zero-order valence-electron chi connectivity index (χ0n) is 16.8. The van der Waals surface area contributed by atoms with E-state index in [4.69, 9.17) is 34.8 Å². The average molecular weight is 495 g/mol. The molecule has 33 heavy (non-hydrogen) atoms. The normalized spacial score (nSPS) is 11.6. The van der Waals surface area contributed by atoms with Gasteiger partial charge in [0.1, 0.15) is 5.82 Å². The largest absolute Gasteiger partial charge is 0.338 e. The summed E-state index contributed by atoms with van der Waals surface area (Å²) in [7, 11) is 0. The van der Waals surface area contributed by atoms with Crippen molar-refractivity contribution in [3.63, 3.8) is 0 Å². The van der Waals surface area contributed by atoms with E-state index in [0.29, 0.717) is 48.4 Å². The summed E-state index contributed by atoms with van der Waals surface area (Å²) in [6.07, 6.45) is 2.83. The van der Waals surface area contributed by atoms with Gasteiger partial charge in [0.05, 0.1) is 26.6 Å². The standard InChI is InChI=1S/C25H14Cl3N3O2/c26-14-6-7-18-15(10-14)23(13-4-2-1-3-5-13)24(25(33)31-18)21(32)8-9-22-29-19-11-16(27)17(28)12-20(19)30-22/h1-12H,(H,29,30)(H,31,33)/b9-8+. The Labute approximate surface area is 202 Å².